The first kappa shape index (κ1) is 18.5. The molecule has 0 spiro atoms. The quantitative estimate of drug-likeness (QED) is 0.824. The summed E-state index contributed by atoms with van der Waals surface area (Å²) < 4.78 is 30.1. The summed E-state index contributed by atoms with van der Waals surface area (Å²) in [6.07, 6.45) is 0. The van der Waals surface area contributed by atoms with Crippen LogP contribution >= 0.6 is 0 Å². The molecular formula is C19H25F2NOSi. The highest BCUT2D eigenvalue weighted by molar-refractivity contribution is 6.93. The van der Waals surface area contributed by atoms with Crippen LogP contribution in [-0.4, -0.2) is 20.4 Å². The average molecular weight is 349 g/mol. The Hall–Kier alpha value is -1.88. The van der Waals surface area contributed by atoms with Gasteiger partial charge in [0, 0.05) is 5.19 Å². The number of para-hydroxylation sites is 2. The average Bonchev–Trinajstić information content (AvgIpc) is 2.45. The first-order valence-corrected chi connectivity index (χ1v) is 10.9. The molecule has 0 unspecified atom stereocenters. The summed E-state index contributed by atoms with van der Waals surface area (Å²) in [5.74, 6) is -0.959. The maximum absolute atomic E-state index is 14.2. The third-order valence-corrected chi connectivity index (χ3v) is 8.24. The zero-order valence-electron chi connectivity index (χ0n) is 15.1. The number of hydrogen-bond donors (Lipinski definition) is 1. The molecule has 5 heteroatoms. The minimum Gasteiger partial charge on any atom is -0.508 e. The summed E-state index contributed by atoms with van der Waals surface area (Å²) in [4.78, 5) is 0. The Morgan fingerprint density at radius 1 is 0.958 bits per heavy atom. The van der Waals surface area contributed by atoms with Crippen LogP contribution in [-0.2, 0) is 5.41 Å². The van der Waals surface area contributed by atoms with Crippen LogP contribution in [0.15, 0.2) is 36.4 Å². The number of halogens is 2. The molecule has 0 aliphatic rings. The van der Waals surface area contributed by atoms with E-state index in [2.05, 4.69) is 0 Å². The van der Waals surface area contributed by atoms with Gasteiger partial charge >= 0.3 is 0 Å². The lowest BCUT2D eigenvalue weighted by Gasteiger charge is -2.37. The molecule has 2 aromatic carbocycles. The summed E-state index contributed by atoms with van der Waals surface area (Å²) >= 11 is 0. The van der Waals surface area contributed by atoms with Gasteiger partial charge in [-0.25, -0.2) is 8.78 Å². The summed E-state index contributed by atoms with van der Waals surface area (Å²) in [7, 11) is -0.846. The van der Waals surface area contributed by atoms with Gasteiger partial charge in [0.25, 0.3) is 0 Å². The van der Waals surface area contributed by atoms with Crippen molar-refractivity contribution in [1.82, 2.24) is 0 Å². The second-order valence-electron chi connectivity index (χ2n) is 7.64. The zero-order chi connectivity index (χ0) is 18.3. The van der Waals surface area contributed by atoms with Gasteiger partial charge in [-0.15, -0.1) is 0 Å². The van der Waals surface area contributed by atoms with Crippen LogP contribution in [0.1, 0.15) is 26.3 Å². The van der Waals surface area contributed by atoms with E-state index in [0.29, 0.717) is 0 Å². The SMILES string of the molecule is CN(c1c(F)cccc1F)[Si](C)(C)c1cccc(C(C)(C)C)c1O. The van der Waals surface area contributed by atoms with Crippen molar-refractivity contribution in [3.8, 4) is 5.75 Å². The van der Waals surface area contributed by atoms with Gasteiger partial charge in [-0.3, -0.25) is 0 Å². The standard InChI is InChI=1S/C19H25F2NOSi/c1-19(2,3)13-9-7-12-16(18(13)23)24(5,6)22(4)17-14(20)10-8-11-15(17)21/h7-12,23H,1-6H3. The molecule has 1 N–H and O–H groups in total. The van der Waals surface area contributed by atoms with Gasteiger partial charge < -0.3 is 9.67 Å². The minimum absolute atomic E-state index is 0.0465. The van der Waals surface area contributed by atoms with Crippen molar-refractivity contribution in [2.45, 2.75) is 39.3 Å². The van der Waals surface area contributed by atoms with E-state index in [9.17, 15) is 13.9 Å². The largest absolute Gasteiger partial charge is 0.508 e. The Balaban J connectivity index is 2.59. The number of phenols is 1. The number of benzene rings is 2. The number of phenolic OH excluding ortho intramolecular Hbond substituents is 1. The lowest BCUT2D eigenvalue weighted by atomic mass is 9.86. The molecule has 0 fully saturated rings. The molecule has 0 heterocycles. The van der Waals surface area contributed by atoms with Crippen LogP contribution < -0.4 is 9.75 Å². The van der Waals surface area contributed by atoms with Gasteiger partial charge in [0.2, 0.25) is 0 Å². The molecule has 0 saturated carbocycles. The van der Waals surface area contributed by atoms with Gasteiger partial charge in [0.15, 0.2) is 8.24 Å². The Bertz CT molecular complexity index is 733. The minimum atomic E-state index is -2.54. The maximum Gasteiger partial charge on any atom is 0.186 e. The maximum atomic E-state index is 14.2. The van der Waals surface area contributed by atoms with Crippen LogP contribution in [0, 0.1) is 11.6 Å². The van der Waals surface area contributed by atoms with Crippen LogP contribution in [0.3, 0.4) is 0 Å². The van der Waals surface area contributed by atoms with Crippen molar-refractivity contribution < 1.29 is 13.9 Å². The van der Waals surface area contributed by atoms with E-state index in [0.717, 1.165) is 10.8 Å². The molecule has 0 saturated heterocycles. The second-order valence-corrected chi connectivity index (χ2v) is 12.0. The summed E-state index contributed by atoms with van der Waals surface area (Å²) in [5.41, 5.74) is 0.574. The molecule has 24 heavy (non-hydrogen) atoms. The summed E-state index contributed by atoms with van der Waals surface area (Å²) in [5, 5.41) is 11.6. The number of anilines is 1. The highest BCUT2D eigenvalue weighted by atomic mass is 28.3. The smallest absolute Gasteiger partial charge is 0.186 e. The fraction of sp³-hybridized carbons (Fsp3) is 0.368. The molecule has 0 amide bonds. The lowest BCUT2D eigenvalue weighted by molar-refractivity contribution is 0.450. The molecular weight excluding hydrogens is 324 g/mol. The first-order valence-electron chi connectivity index (χ1n) is 7.98. The Labute approximate surface area is 143 Å². The normalized spacial score (nSPS) is 12.3. The second kappa shape index (κ2) is 6.20. The molecule has 2 rings (SSSR count). The molecule has 0 aromatic heterocycles. The molecule has 2 aromatic rings. The third kappa shape index (κ3) is 3.18. The Morgan fingerprint density at radius 3 is 1.96 bits per heavy atom. The monoisotopic (exact) mass is 349 g/mol. The molecule has 0 bridgehead atoms. The summed E-state index contributed by atoms with van der Waals surface area (Å²) in [6.45, 7) is 10.0. The number of nitrogens with zero attached hydrogens (tertiary/aromatic N) is 1. The molecule has 2 nitrogen and oxygen atoms in total. The predicted molar refractivity (Wildman–Crippen MR) is 98.7 cm³/mol. The van der Waals surface area contributed by atoms with Crippen molar-refractivity contribution in [3.05, 3.63) is 53.6 Å². The fourth-order valence-corrected chi connectivity index (χ4v) is 5.26. The zero-order valence-corrected chi connectivity index (χ0v) is 16.1. The van der Waals surface area contributed by atoms with E-state index in [4.69, 9.17) is 0 Å². The first-order chi connectivity index (χ1) is 11.0. The van der Waals surface area contributed by atoms with E-state index in [-0.39, 0.29) is 16.9 Å². The van der Waals surface area contributed by atoms with Gasteiger partial charge in [-0.05, 0) is 43.3 Å². The van der Waals surface area contributed by atoms with Crippen molar-refractivity contribution in [2.75, 3.05) is 11.6 Å². The molecule has 0 aliphatic heterocycles. The summed E-state index contributed by atoms with van der Waals surface area (Å²) in [6, 6.07) is 9.51. The number of aromatic hydroxyl groups is 1. The van der Waals surface area contributed by atoms with E-state index in [1.807, 2.05) is 52.1 Å². The van der Waals surface area contributed by atoms with Crippen LogP contribution in [0.2, 0.25) is 13.1 Å². The van der Waals surface area contributed by atoms with Crippen molar-refractivity contribution in [3.63, 3.8) is 0 Å². The highest BCUT2D eigenvalue weighted by Crippen LogP contribution is 2.33. The lowest BCUT2D eigenvalue weighted by Crippen LogP contribution is -2.57. The van der Waals surface area contributed by atoms with E-state index < -0.39 is 19.9 Å². The molecule has 0 radical (unpaired) electrons. The molecule has 130 valence electrons. The van der Waals surface area contributed by atoms with Gasteiger partial charge in [-0.2, -0.15) is 0 Å². The molecule has 0 aliphatic carbocycles. The van der Waals surface area contributed by atoms with E-state index >= 15 is 0 Å². The van der Waals surface area contributed by atoms with E-state index in [1.165, 1.54) is 18.2 Å². The van der Waals surface area contributed by atoms with Crippen molar-refractivity contribution in [2.24, 2.45) is 0 Å². The number of hydrogen-bond acceptors (Lipinski definition) is 2. The van der Waals surface area contributed by atoms with E-state index in [1.54, 1.807) is 11.6 Å². The topological polar surface area (TPSA) is 23.5 Å². The van der Waals surface area contributed by atoms with Crippen LogP contribution in [0.25, 0.3) is 0 Å². The van der Waals surface area contributed by atoms with Gasteiger partial charge in [0.05, 0.1) is 0 Å². The Kier molecular flexibility index (Phi) is 4.77. The number of rotatable bonds is 3. The molecule has 0 atom stereocenters. The van der Waals surface area contributed by atoms with Crippen molar-refractivity contribution >= 4 is 19.1 Å². The third-order valence-electron chi connectivity index (χ3n) is 4.61. The highest BCUT2D eigenvalue weighted by Gasteiger charge is 2.36. The van der Waals surface area contributed by atoms with Crippen LogP contribution in [0.5, 0.6) is 5.75 Å². The predicted octanol–water partition coefficient (Wildman–Crippen LogP) is 4.52. The van der Waals surface area contributed by atoms with Gasteiger partial charge in [-0.1, -0.05) is 45.0 Å². The van der Waals surface area contributed by atoms with Crippen molar-refractivity contribution in [1.29, 1.82) is 0 Å². The Morgan fingerprint density at radius 2 is 1.46 bits per heavy atom. The van der Waals surface area contributed by atoms with Gasteiger partial charge in [0.1, 0.15) is 23.1 Å². The van der Waals surface area contributed by atoms with Crippen LogP contribution in [0.4, 0.5) is 14.5 Å². The fourth-order valence-electron chi connectivity index (χ4n) is 2.91.